The summed E-state index contributed by atoms with van der Waals surface area (Å²) in [6.07, 6.45) is -2.01. The number of aromatic hydroxyl groups is 6. The fraction of sp³-hybridized carbons (Fsp3) is 0.294. The number of phenolic OH excluding ortho intramolecular Hbond substituents is 6. The molecule has 0 aliphatic heterocycles. The molecule has 0 heterocycles. The topological polar surface area (TPSA) is 151 Å². The van der Waals surface area contributed by atoms with Crippen LogP contribution in [0.2, 0.25) is 0 Å². The van der Waals surface area contributed by atoms with Gasteiger partial charge in [-0.15, -0.1) is 0 Å². The Morgan fingerprint density at radius 2 is 1.00 bits per heavy atom. The van der Waals surface area contributed by atoms with E-state index in [0.717, 1.165) is 24.3 Å². The lowest BCUT2D eigenvalue weighted by Gasteiger charge is -2.49. The average molecular weight is 350 g/mol. The van der Waals surface area contributed by atoms with Crippen LogP contribution >= 0.6 is 0 Å². The molecule has 25 heavy (non-hydrogen) atoms. The maximum absolute atomic E-state index is 10.6. The molecule has 1 aliphatic rings. The first-order chi connectivity index (χ1) is 11.8. The molecule has 134 valence electrons. The largest absolute Gasteiger partial charge is 0.508 e. The number of hydrogen-bond donors (Lipinski definition) is 7. The maximum Gasteiger partial charge on any atom is 0.126 e. The van der Waals surface area contributed by atoms with Crippen molar-refractivity contribution in [2.45, 2.75) is 24.0 Å². The van der Waals surface area contributed by atoms with Gasteiger partial charge in [0.2, 0.25) is 0 Å². The number of ether oxygens (including phenoxy) is 1. The fourth-order valence-corrected chi connectivity index (χ4v) is 3.55. The molecular weight excluding hydrogens is 332 g/mol. The van der Waals surface area contributed by atoms with E-state index in [2.05, 4.69) is 0 Å². The molecule has 0 aromatic heterocycles. The minimum Gasteiger partial charge on any atom is -0.508 e. The normalized spacial score (nSPS) is 25.5. The van der Waals surface area contributed by atoms with Crippen molar-refractivity contribution in [2.75, 3.05) is 7.11 Å². The lowest BCUT2D eigenvalue weighted by molar-refractivity contribution is -0.101. The predicted molar refractivity (Wildman–Crippen MR) is 85.2 cm³/mol. The van der Waals surface area contributed by atoms with Crippen LogP contribution in [0.4, 0.5) is 0 Å². The summed E-state index contributed by atoms with van der Waals surface area (Å²) in [6.45, 7) is 0. The number of aliphatic hydroxyl groups excluding tert-OH is 1. The number of aliphatic hydroxyl groups is 1. The van der Waals surface area contributed by atoms with Crippen molar-refractivity contribution in [2.24, 2.45) is 0 Å². The van der Waals surface area contributed by atoms with E-state index in [0.29, 0.717) is 0 Å². The second kappa shape index (κ2) is 5.91. The van der Waals surface area contributed by atoms with Gasteiger partial charge in [0.15, 0.2) is 0 Å². The molecule has 7 N–H and O–H groups in total. The average Bonchev–Trinajstić information content (AvgIpc) is 2.49. The lowest BCUT2D eigenvalue weighted by Crippen LogP contribution is -2.52. The number of rotatable bonds is 3. The van der Waals surface area contributed by atoms with Crippen molar-refractivity contribution in [1.29, 1.82) is 0 Å². The van der Waals surface area contributed by atoms with Crippen molar-refractivity contribution in [1.82, 2.24) is 0 Å². The van der Waals surface area contributed by atoms with Crippen LogP contribution in [0, 0.1) is 0 Å². The number of hydrogen-bond acceptors (Lipinski definition) is 8. The molecule has 2 aromatic rings. The van der Waals surface area contributed by atoms with Gasteiger partial charge in [0.05, 0.1) is 12.2 Å². The molecule has 8 nitrogen and oxygen atoms in total. The summed E-state index contributed by atoms with van der Waals surface area (Å²) in [5.74, 6) is -4.06. The Bertz CT molecular complexity index is 707. The van der Waals surface area contributed by atoms with Crippen LogP contribution in [0.25, 0.3) is 0 Å². The van der Waals surface area contributed by atoms with Gasteiger partial charge in [0, 0.05) is 54.3 Å². The van der Waals surface area contributed by atoms with Gasteiger partial charge in [0.25, 0.3) is 0 Å². The van der Waals surface area contributed by atoms with Crippen LogP contribution < -0.4 is 0 Å². The second-order valence-electron chi connectivity index (χ2n) is 6.04. The van der Waals surface area contributed by atoms with Gasteiger partial charge in [-0.25, -0.2) is 0 Å². The standard InChI is InChI=1S/C17H18O8/c1-25-17-14(12-8(20)2-6(18)3-9(12)21)16(24)15(17)13-10(22)4-7(19)5-11(13)23/h2-5,14-24H,1H3. The Kier molecular flexibility index (Phi) is 4.02. The summed E-state index contributed by atoms with van der Waals surface area (Å²) < 4.78 is 5.34. The minimum absolute atomic E-state index is 0.00819. The van der Waals surface area contributed by atoms with Gasteiger partial charge in [-0.3, -0.25) is 0 Å². The zero-order valence-corrected chi connectivity index (χ0v) is 13.2. The van der Waals surface area contributed by atoms with E-state index in [-0.39, 0.29) is 22.6 Å². The summed E-state index contributed by atoms with van der Waals surface area (Å²) in [5, 5.41) is 69.5. The van der Waals surface area contributed by atoms with E-state index in [9.17, 15) is 35.7 Å². The molecule has 1 aliphatic carbocycles. The van der Waals surface area contributed by atoms with Gasteiger partial charge in [-0.1, -0.05) is 0 Å². The molecule has 2 aromatic carbocycles. The van der Waals surface area contributed by atoms with Crippen molar-refractivity contribution in [3.05, 3.63) is 35.4 Å². The fourth-order valence-electron chi connectivity index (χ4n) is 3.55. The monoisotopic (exact) mass is 350 g/mol. The molecule has 2 unspecified atom stereocenters. The summed E-state index contributed by atoms with van der Waals surface area (Å²) in [4.78, 5) is 0. The summed E-state index contributed by atoms with van der Waals surface area (Å²) in [6, 6.07) is 4.10. The zero-order valence-electron chi connectivity index (χ0n) is 13.2. The van der Waals surface area contributed by atoms with E-state index in [1.807, 2.05) is 0 Å². The van der Waals surface area contributed by atoms with Crippen molar-refractivity contribution in [3.8, 4) is 34.5 Å². The Morgan fingerprint density at radius 1 is 0.680 bits per heavy atom. The SMILES string of the molecule is COC1C(c2c(O)cc(O)cc2O)C(O)C1c1c(O)cc(O)cc1O. The number of methoxy groups -OCH3 is 1. The quantitative estimate of drug-likeness (QED) is 0.436. The van der Waals surface area contributed by atoms with Crippen LogP contribution in [0.5, 0.6) is 34.5 Å². The highest BCUT2D eigenvalue weighted by atomic mass is 16.5. The summed E-state index contributed by atoms with van der Waals surface area (Å²) in [7, 11) is 1.35. The molecule has 8 heteroatoms. The first-order valence-electron chi connectivity index (χ1n) is 7.46. The summed E-state index contributed by atoms with van der Waals surface area (Å²) >= 11 is 0. The van der Waals surface area contributed by atoms with E-state index >= 15 is 0 Å². The molecule has 3 rings (SSSR count). The highest BCUT2D eigenvalue weighted by molar-refractivity contribution is 5.57. The molecule has 1 saturated carbocycles. The number of phenols is 6. The van der Waals surface area contributed by atoms with E-state index < -0.39 is 47.0 Å². The first-order valence-corrected chi connectivity index (χ1v) is 7.46. The van der Waals surface area contributed by atoms with Gasteiger partial charge >= 0.3 is 0 Å². The van der Waals surface area contributed by atoms with Gasteiger partial charge in [-0.2, -0.15) is 0 Å². The molecule has 1 fully saturated rings. The van der Waals surface area contributed by atoms with Crippen molar-refractivity contribution < 1.29 is 40.5 Å². The Morgan fingerprint density at radius 3 is 1.28 bits per heavy atom. The Hall–Kier alpha value is -2.84. The number of benzene rings is 2. The van der Waals surface area contributed by atoms with Crippen LogP contribution in [0.3, 0.4) is 0 Å². The van der Waals surface area contributed by atoms with E-state index in [1.54, 1.807) is 0 Å². The third kappa shape index (κ3) is 2.55. The van der Waals surface area contributed by atoms with E-state index in [1.165, 1.54) is 7.11 Å². The Balaban J connectivity index is 2.04. The van der Waals surface area contributed by atoms with Gasteiger partial charge < -0.3 is 40.5 Å². The third-order valence-electron chi connectivity index (χ3n) is 4.62. The van der Waals surface area contributed by atoms with Gasteiger partial charge in [-0.05, 0) is 0 Å². The second-order valence-corrected chi connectivity index (χ2v) is 6.04. The zero-order chi connectivity index (χ0) is 18.5. The molecule has 0 bridgehead atoms. The molecule has 0 radical (unpaired) electrons. The highest BCUT2D eigenvalue weighted by Gasteiger charge is 2.55. The smallest absolute Gasteiger partial charge is 0.126 e. The minimum atomic E-state index is -1.22. The van der Waals surface area contributed by atoms with E-state index in [4.69, 9.17) is 4.74 Å². The maximum atomic E-state index is 10.6. The van der Waals surface area contributed by atoms with Crippen LogP contribution in [0.1, 0.15) is 23.0 Å². The lowest BCUT2D eigenvalue weighted by atomic mass is 9.62. The molecule has 0 saturated heterocycles. The molecule has 0 amide bonds. The van der Waals surface area contributed by atoms with Gasteiger partial charge in [0.1, 0.15) is 34.5 Å². The predicted octanol–water partition coefficient (Wildman–Crippen LogP) is 1.18. The van der Waals surface area contributed by atoms with Crippen LogP contribution in [-0.4, -0.2) is 55.1 Å². The molecule has 2 atom stereocenters. The molecule has 0 spiro atoms. The molecular formula is C17H18O8. The van der Waals surface area contributed by atoms with Crippen LogP contribution in [-0.2, 0) is 4.74 Å². The Labute approximate surface area is 142 Å². The van der Waals surface area contributed by atoms with Crippen LogP contribution in [0.15, 0.2) is 24.3 Å². The van der Waals surface area contributed by atoms with Crippen molar-refractivity contribution in [3.63, 3.8) is 0 Å². The summed E-state index contributed by atoms with van der Waals surface area (Å²) in [5.41, 5.74) is -0.0164. The first kappa shape index (κ1) is 17.0. The third-order valence-corrected chi connectivity index (χ3v) is 4.62. The van der Waals surface area contributed by atoms with Crippen molar-refractivity contribution >= 4 is 0 Å². The highest BCUT2D eigenvalue weighted by Crippen LogP contribution is 2.57.